The van der Waals surface area contributed by atoms with E-state index >= 15 is 0 Å². The summed E-state index contributed by atoms with van der Waals surface area (Å²) in [5.74, 6) is 0. The molecule has 0 radical (unpaired) electrons. The number of benzene rings is 1. The average Bonchev–Trinajstić information content (AvgIpc) is 2.34. The molecule has 0 saturated heterocycles. The fraction of sp³-hybridized carbons (Fsp3) is 0.417. The molecule has 0 atom stereocenters. The number of likely N-dealkylation sites (N-methyl/N-ethyl adjacent to an activating group) is 2. The number of amides is 1. The van der Waals surface area contributed by atoms with Gasteiger partial charge in [-0.2, -0.15) is 0 Å². The number of halogens is 1. The van der Waals surface area contributed by atoms with E-state index in [1.165, 1.54) is 0 Å². The predicted molar refractivity (Wildman–Crippen MR) is 70.4 cm³/mol. The van der Waals surface area contributed by atoms with Crippen molar-refractivity contribution in [2.75, 3.05) is 27.2 Å². The molecule has 0 fully saturated rings. The van der Waals surface area contributed by atoms with Crippen molar-refractivity contribution in [1.82, 2.24) is 10.2 Å². The maximum Gasteiger partial charge on any atom is 0.409 e. The highest BCUT2D eigenvalue weighted by atomic mass is 35.5. The smallest absolute Gasteiger partial charge is 0.409 e. The van der Waals surface area contributed by atoms with Crippen molar-refractivity contribution >= 4 is 18.5 Å². The first-order chi connectivity index (χ1) is 7.74. The molecule has 0 heterocycles. The summed E-state index contributed by atoms with van der Waals surface area (Å²) in [4.78, 5) is 13.1. The molecule has 1 aromatic rings. The minimum atomic E-state index is -0.292. The van der Waals surface area contributed by atoms with E-state index in [4.69, 9.17) is 4.74 Å². The third-order valence-corrected chi connectivity index (χ3v) is 2.21. The molecule has 4 nitrogen and oxygen atoms in total. The maximum absolute atomic E-state index is 11.5. The van der Waals surface area contributed by atoms with E-state index in [-0.39, 0.29) is 18.5 Å². The van der Waals surface area contributed by atoms with Crippen LogP contribution >= 0.6 is 12.4 Å². The SMILES string of the molecule is CNCCN(C)C(=O)OCc1ccccc1.Cl. The molecule has 96 valence electrons. The Labute approximate surface area is 108 Å². The van der Waals surface area contributed by atoms with Crippen LogP contribution in [0.5, 0.6) is 0 Å². The van der Waals surface area contributed by atoms with Gasteiger partial charge in [-0.3, -0.25) is 0 Å². The van der Waals surface area contributed by atoms with Crippen molar-refractivity contribution in [3.05, 3.63) is 35.9 Å². The molecule has 0 saturated carbocycles. The van der Waals surface area contributed by atoms with Gasteiger partial charge in [-0.15, -0.1) is 12.4 Å². The quantitative estimate of drug-likeness (QED) is 0.877. The zero-order valence-corrected chi connectivity index (χ0v) is 11.0. The predicted octanol–water partition coefficient (Wildman–Crippen LogP) is 1.90. The first-order valence-electron chi connectivity index (χ1n) is 5.30. The Kier molecular flexibility index (Phi) is 8.19. The number of hydrogen-bond donors (Lipinski definition) is 1. The lowest BCUT2D eigenvalue weighted by atomic mass is 10.2. The van der Waals surface area contributed by atoms with Crippen molar-refractivity contribution in [1.29, 1.82) is 0 Å². The minimum absolute atomic E-state index is 0. The van der Waals surface area contributed by atoms with Gasteiger partial charge in [0, 0.05) is 20.1 Å². The van der Waals surface area contributed by atoms with Crippen LogP contribution in [0.3, 0.4) is 0 Å². The Balaban J connectivity index is 0.00000256. The second-order valence-corrected chi connectivity index (χ2v) is 3.57. The Morgan fingerprint density at radius 2 is 2.00 bits per heavy atom. The van der Waals surface area contributed by atoms with Gasteiger partial charge < -0.3 is 15.0 Å². The molecule has 1 aromatic carbocycles. The first kappa shape index (κ1) is 15.7. The lowest BCUT2D eigenvalue weighted by Crippen LogP contribution is -2.33. The zero-order valence-electron chi connectivity index (χ0n) is 10.2. The fourth-order valence-electron chi connectivity index (χ4n) is 1.20. The van der Waals surface area contributed by atoms with Gasteiger partial charge in [-0.25, -0.2) is 4.79 Å². The van der Waals surface area contributed by atoms with Gasteiger partial charge in [-0.1, -0.05) is 30.3 Å². The van der Waals surface area contributed by atoms with E-state index in [1.807, 2.05) is 37.4 Å². The Hall–Kier alpha value is -1.26. The van der Waals surface area contributed by atoms with E-state index in [2.05, 4.69) is 5.32 Å². The highest BCUT2D eigenvalue weighted by molar-refractivity contribution is 5.85. The summed E-state index contributed by atoms with van der Waals surface area (Å²) in [6, 6.07) is 9.65. The zero-order chi connectivity index (χ0) is 11.8. The topological polar surface area (TPSA) is 41.6 Å². The number of nitrogens with one attached hydrogen (secondary N) is 1. The van der Waals surface area contributed by atoms with Crippen LogP contribution in [0.4, 0.5) is 4.79 Å². The third kappa shape index (κ3) is 6.14. The van der Waals surface area contributed by atoms with E-state index < -0.39 is 0 Å². The van der Waals surface area contributed by atoms with Gasteiger partial charge in [0.1, 0.15) is 6.61 Å². The van der Waals surface area contributed by atoms with Crippen molar-refractivity contribution < 1.29 is 9.53 Å². The maximum atomic E-state index is 11.5. The van der Waals surface area contributed by atoms with Crippen molar-refractivity contribution in [2.45, 2.75) is 6.61 Å². The number of ether oxygens (including phenoxy) is 1. The molecular weight excluding hydrogens is 240 g/mol. The number of carbonyl (C=O) groups excluding carboxylic acids is 1. The summed E-state index contributed by atoms with van der Waals surface area (Å²) < 4.78 is 5.15. The molecular formula is C12H19ClN2O2. The summed E-state index contributed by atoms with van der Waals surface area (Å²) in [7, 11) is 3.58. The minimum Gasteiger partial charge on any atom is -0.445 e. The van der Waals surface area contributed by atoms with Gasteiger partial charge in [0.25, 0.3) is 0 Å². The summed E-state index contributed by atoms with van der Waals surface area (Å²) in [6.07, 6.45) is -0.292. The average molecular weight is 259 g/mol. The second kappa shape index (κ2) is 8.84. The van der Waals surface area contributed by atoms with Crippen LogP contribution in [0.1, 0.15) is 5.56 Å². The summed E-state index contributed by atoms with van der Waals surface area (Å²) >= 11 is 0. The Bertz CT molecular complexity index is 320. The van der Waals surface area contributed by atoms with Crippen LogP contribution in [0, 0.1) is 0 Å². The summed E-state index contributed by atoms with van der Waals surface area (Å²) in [5.41, 5.74) is 0.998. The van der Waals surface area contributed by atoms with E-state index in [0.717, 1.165) is 12.1 Å². The van der Waals surface area contributed by atoms with Gasteiger partial charge in [-0.05, 0) is 12.6 Å². The molecule has 5 heteroatoms. The molecule has 0 unspecified atom stereocenters. The van der Waals surface area contributed by atoms with E-state index in [1.54, 1.807) is 11.9 Å². The van der Waals surface area contributed by atoms with Crippen LogP contribution in [-0.4, -0.2) is 38.2 Å². The van der Waals surface area contributed by atoms with Crippen LogP contribution < -0.4 is 5.32 Å². The van der Waals surface area contributed by atoms with E-state index in [9.17, 15) is 4.79 Å². The molecule has 17 heavy (non-hydrogen) atoms. The van der Waals surface area contributed by atoms with Crippen molar-refractivity contribution in [2.24, 2.45) is 0 Å². The van der Waals surface area contributed by atoms with Crippen molar-refractivity contribution in [3.8, 4) is 0 Å². The van der Waals surface area contributed by atoms with Crippen LogP contribution in [-0.2, 0) is 11.3 Å². The molecule has 1 rings (SSSR count). The Morgan fingerprint density at radius 1 is 1.35 bits per heavy atom. The second-order valence-electron chi connectivity index (χ2n) is 3.57. The molecule has 0 bridgehead atoms. The van der Waals surface area contributed by atoms with E-state index in [0.29, 0.717) is 13.2 Å². The fourth-order valence-corrected chi connectivity index (χ4v) is 1.20. The third-order valence-electron chi connectivity index (χ3n) is 2.21. The van der Waals surface area contributed by atoms with Crippen LogP contribution in [0.2, 0.25) is 0 Å². The largest absolute Gasteiger partial charge is 0.445 e. The van der Waals surface area contributed by atoms with Crippen LogP contribution in [0.25, 0.3) is 0 Å². The molecule has 1 amide bonds. The number of nitrogens with zero attached hydrogens (tertiary/aromatic N) is 1. The normalized spacial score (nSPS) is 9.29. The molecule has 0 aliphatic carbocycles. The standard InChI is InChI=1S/C12H18N2O2.ClH/c1-13-8-9-14(2)12(15)16-10-11-6-4-3-5-7-11;/h3-7,13H,8-10H2,1-2H3;1H. The number of rotatable bonds is 5. The van der Waals surface area contributed by atoms with Crippen LogP contribution in [0.15, 0.2) is 30.3 Å². The highest BCUT2D eigenvalue weighted by Crippen LogP contribution is 2.02. The van der Waals surface area contributed by atoms with Gasteiger partial charge in [0.05, 0.1) is 0 Å². The monoisotopic (exact) mass is 258 g/mol. The molecule has 0 aliphatic heterocycles. The Morgan fingerprint density at radius 3 is 2.59 bits per heavy atom. The molecule has 0 aliphatic rings. The highest BCUT2D eigenvalue weighted by Gasteiger charge is 2.08. The van der Waals surface area contributed by atoms with Crippen molar-refractivity contribution in [3.63, 3.8) is 0 Å². The first-order valence-corrected chi connectivity index (χ1v) is 5.30. The number of carbonyl (C=O) groups is 1. The summed E-state index contributed by atoms with van der Waals surface area (Å²) in [5, 5.41) is 2.98. The van der Waals surface area contributed by atoms with Gasteiger partial charge in [0.2, 0.25) is 0 Å². The lowest BCUT2D eigenvalue weighted by Gasteiger charge is -2.16. The molecule has 0 spiro atoms. The van der Waals surface area contributed by atoms with Gasteiger partial charge in [0.15, 0.2) is 0 Å². The van der Waals surface area contributed by atoms with Gasteiger partial charge >= 0.3 is 6.09 Å². The molecule has 0 aromatic heterocycles. The molecule has 1 N–H and O–H groups in total. The summed E-state index contributed by atoms with van der Waals surface area (Å²) in [6.45, 7) is 1.73. The number of hydrogen-bond acceptors (Lipinski definition) is 3. The lowest BCUT2D eigenvalue weighted by molar-refractivity contribution is 0.105.